The number of carbonyl (C=O) groups excluding carboxylic acids is 1. The Bertz CT molecular complexity index is 225. The number of rotatable bonds is 5. The van der Waals surface area contributed by atoms with Crippen molar-refractivity contribution in [3.8, 4) is 0 Å². The van der Waals surface area contributed by atoms with Crippen LogP contribution in [0, 0.1) is 11.8 Å². The topological polar surface area (TPSA) is 20.3 Å². The maximum absolute atomic E-state index is 11.4. The molecule has 0 saturated carbocycles. The van der Waals surface area contributed by atoms with Crippen LogP contribution in [0.15, 0.2) is 0 Å². The number of hydrogen-bond donors (Lipinski definition) is 0. The Morgan fingerprint density at radius 2 is 2.00 bits per heavy atom. The first kappa shape index (κ1) is 13.7. The van der Waals surface area contributed by atoms with Gasteiger partial charge in [-0.3, -0.25) is 9.69 Å². The van der Waals surface area contributed by atoms with Crippen LogP contribution in [0.3, 0.4) is 0 Å². The smallest absolute Gasteiger partial charge is 0.138 e. The van der Waals surface area contributed by atoms with Crippen molar-refractivity contribution in [2.45, 2.75) is 59.4 Å². The molecule has 0 radical (unpaired) electrons. The largest absolute Gasteiger partial charge is 0.300 e. The molecule has 1 aliphatic rings. The van der Waals surface area contributed by atoms with Crippen molar-refractivity contribution < 1.29 is 4.79 Å². The van der Waals surface area contributed by atoms with Crippen molar-refractivity contribution in [3.05, 3.63) is 0 Å². The van der Waals surface area contributed by atoms with Crippen LogP contribution in [0.2, 0.25) is 0 Å². The second-order valence-electron chi connectivity index (χ2n) is 5.79. The van der Waals surface area contributed by atoms with E-state index in [4.69, 9.17) is 0 Å². The highest BCUT2D eigenvalue weighted by molar-refractivity contribution is 5.81. The zero-order chi connectivity index (χ0) is 12.1. The Labute approximate surface area is 100 Å². The zero-order valence-electron chi connectivity index (χ0n) is 11.3. The van der Waals surface area contributed by atoms with Crippen LogP contribution in [0.1, 0.15) is 53.4 Å². The minimum atomic E-state index is 0.251. The lowest BCUT2D eigenvalue weighted by molar-refractivity contribution is -0.126. The van der Waals surface area contributed by atoms with Gasteiger partial charge in [0.05, 0.1) is 0 Å². The van der Waals surface area contributed by atoms with Gasteiger partial charge in [-0.25, -0.2) is 0 Å². The molecule has 2 heteroatoms. The van der Waals surface area contributed by atoms with Crippen LogP contribution in [0.5, 0.6) is 0 Å². The van der Waals surface area contributed by atoms with Gasteiger partial charge >= 0.3 is 0 Å². The summed E-state index contributed by atoms with van der Waals surface area (Å²) in [5, 5.41) is 0. The van der Waals surface area contributed by atoms with Gasteiger partial charge in [0.25, 0.3) is 0 Å². The van der Waals surface area contributed by atoms with E-state index in [1.54, 1.807) is 0 Å². The molecular weight excluding hydrogens is 198 g/mol. The molecule has 94 valence electrons. The Hall–Kier alpha value is -0.370. The third-order valence-electron chi connectivity index (χ3n) is 3.73. The van der Waals surface area contributed by atoms with Gasteiger partial charge in [0.15, 0.2) is 0 Å². The van der Waals surface area contributed by atoms with Crippen LogP contribution < -0.4 is 0 Å². The molecule has 0 aliphatic carbocycles. The fourth-order valence-corrected chi connectivity index (χ4v) is 2.45. The van der Waals surface area contributed by atoms with Gasteiger partial charge in [-0.2, -0.15) is 0 Å². The number of nitrogens with zero attached hydrogens (tertiary/aromatic N) is 1. The molecule has 2 atom stereocenters. The van der Waals surface area contributed by atoms with Crippen LogP contribution in [-0.2, 0) is 4.79 Å². The van der Waals surface area contributed by atoms with Crippen molar-refractivity contribution >= 4 is 5.78 Å². The first-order valence-electron chi connectivity index (χ1n) is 6.77. The van der Waals surface area contributed by atoms with Crippen molar-refractivity contribution in [2.75, 3.05) is 13.1 Å². The van der Waals surface area contributed by atoms with E-state index in [9.17, 15) is 4.79 Å². The molecule has 0 aromatic heterocycles. The number of Topliss-reactive ketones (excluding diaryl/α,β-unsaturated/α-hetero) is 1. The quantitative estimate of drug-likeness (QED) is 0.716. The highest BCUT2D eigenvalue weighted by Crippen LogP contribution is 2.18. The van der Waals surface area contributed by atoms with E-state index in [0.29, 0.717) is 11.8 Å². The van der Waals surface area contributed by atoms with Crippen LogP contribution >= 0.6 is 0 Å². The molecule has 1 heterocycles. The van der Waals surface area contributed by atoms with Crippen molar-refractivity contribution in [3.63, 3.8) is 0 Å². The summed E-state index contributed by atoms with van der Waals surface area (Å²) in [7, 11) is 0. The number of carbonyl (C=O) groups is 1. The standard InChI is InChI=1S/C14H27NO/c1-11(2)6-5-7-13(4)15-9-8-14(16)12(3)10-15/h11-13H,5-10H2,1-4H3. The number of hydrogen-bond acceptors (Lipinski definition) is 2. The lowest BCUT2D eigenvalue weighted by Gasteiger charge is -2.35. The van der Waals surface area contributed by atoms with E-state index >= 15 is 0 Å². The summed E-state index contributed by atoms with van der Waals surface area (Å²) in [4.78, 5) is 13.9. The highest BCUT2D eigenvalue weighted by atomic mass is 16.1. The predicted octanol–water partition coefficient (Wildman–Crippen LogP) is 3.11. The van der Waals surface area contributed by atoms with Crippen molar-refractivity contribution in [1.82, 2.24) is 4.90 Å². The zero-order valence-corrected chi connectivity index (χ0v) is 11.3. The van der Waals surface area contributed by atoms with Crippen LogP contribution in [-0.4, -0.2) is 29.8 Å². The van der Waals surface area contributed by atoms with E-state index < -0.39 is 0 Å². The molecule has 1 rings (SSSR count). The van der Waals surface area contributed by atoms with Gasteiger partial charge < -0.3 is 0 Å². The van der Waals surface area contributed by atoms with Gasteiger partial charge in [-0.05, 0) is 19.3 Å². The molecule has 0 aromatic carbocycles. The van der Waals surface area contributed by atoms with Crippen molar-refractivity contribution in [1.29, 1.82) is 0 Å². The molecular formula is C14H27NO. The fraction of sp³-hybridized carbons (Fsp3) is 0.929. The Morgan fingerprint density at radius 3 is 2.56 bits per heavy atom. The maximum Gasteiger partial charge on any atom is 0.138 e. The van der Waals surface area contributed by atoms with Gasteiger partial charge in [0.1, 0.15) is 5.78 Å². The molecule has 0 amide bonds. The molecule has 0 N–H and O–H groups in total. The van der Waals surface area contributed by atoms with Gasteiger partial charge in [0.2, 0.25) is 0 Å². The van der Waals surface area contributed by atoms with Gasteiger partial charge in [-0.15, -0.1) is 0 Å². The molecule has 1 fully saturated rings. The third kappa shape index (κ3) is 4.25. The molecule has 1 saturated heterocycles. The molecule has 0 aromatic rings. The van der Waals surface area contributed by atoms with E-state index in [2.05, 4.69) is 32.6 Å². The van der Waals surface area contributed by atoms with Gasteiger partial charge in [0, 0.05) is 31.5 Å². The minimum absolute atomic E-state index is 0.251. The molecule has 0 bridgehead atoms. The van der Waals surface area contributed by atoms with E-state index in [1.807, 2.05) is 0 Å². The van der Waals surface area contributed by atoms with Crippen molar-refractivity contribution in [2.24, 2.45) is 11.8 Å². The molecule has 1 aliphatic heterocycles. The first-order chi connectivity index (χ1) is 7.50. The van der Waals surface area contributed by atoms with E-state index in [1.165, 1.54) is 19.3 Å². The maximum atomic E-state index is 11.4. The summed E-state index contributed by atoms with van der Waals surface area (Å²) >= 11 is 0. The first-order valence-corrected chi connectivity index (χ1v) is 6.77. The lowest BCUT2D eigenvalue weighted by Crippen LogP contribution is -2.44. The normalized spacial score (nSPS) is 25.1. The summed E-state index contributed by atoms with van der Waals surface area (Å²) in [5.41, 5.74) is 0. The molecule has 2 unspecified atom stereocenters. The minimum Gasteiger partial charge on any atom is -0.300 e. The van der Waals surface area contributed by atoms with Gasteiger partial charge in [-0.1, -0.05) is 33.6 Å². The fourth-order valence-electron chi connectivity index (χ4n) is 2.45. The molecule has 16 heavy (non-hydrogen) atoms. The lowest BCUT2D eigenvalue weighted by atomic mass is 9.95. The number of ketones is 1. The highest BCUT2D eigenvalue weighted by Gasteiger charge is 2.25. The Balaban J connectivity index is 2.26. The monoisotopic (exact) mass is 225 g/mol. The summed E-state index contributed by atoms with van der Waals surface area (Å²) in [6.07, 6.45) is 4.68. The Kier molecular flexibility index (Phi) is 5.47. The second kappa shape index (κ2) is 6.39. The van der Waals surface area contributed by atoms with E-state index in [-0.39, 0.29) is 5.92 Å². The average molecular weight is 225 g/mol. The van der Waals surface area contributed by atoms with E-state index in [0.717, 1.165) is 25.4 Å². The Morgan fingerprint density at radius 1 is 1.31 bits per heavy atom. The summed E-state index contributed by atoms with van der Waals surface area (Å²) < 4.78 is 0. The number of piperidine rings is 1. The van der Waals surface area contributed by atoms with Crippen LogP contribution in [0.4, 0.5) is 0 Å². The third-order valence-corrected chi connectivity index (χ3v) is 3.73. The average Bonchev–Trinajstić information content (AvgIpc) is 2.21. The second-order valence-corrected chi connectivity index (χ2v) is 5.79. The SMILES string of the molecule is CC(C)CCCC(C)N1CCC(=O)C(C)C1. The number of likely N-dealkylation sites (tertiary alicyclic amines) is 1. The molecule has 2 nitrogen and oxygen atoms in total. The summed E-state index contributed by atoms with van der Waals surface area (Å²) in [6, 6.07) is 0.647. The van der Waals surface area contributed by atoms with Crippen LogP contribution in [0.25, 0.3) is 0 Å². The predicted molar refractivity (Wildman–Crippen MR) is 68.5 cm³/mol. The molecule has 0 spiro atoms. The summed E-state index contributed by atoms with van der Waals surface area (Å²) in [5.74, 6) is 1.51. The summed E-state index contributed by atoms with van der Waals surface area (Å²) in [6.45, 7) is 10.9.